The van der Waals surface area contributed by atoms with E-state index in [4.69, 9.17) is 5.53 Å². The molecule has 1 aromatic carbocycles. The van der Waals surface area contributed by atoms with Crippen molar-refractivity contribution in [3.8, 4) is 0 Å². The quantitative estimate of drug-likeness (QED) is 0.223. The van der Waals surface area contributed by atoms with Gasteiger partial charge in [0.15, 0.2) is 0 Å². The van der Waals surface area contributed by atoms with Gasteiger partial charge in [-0.15, -0.1) is 0 Å². The van der Waals surface area contributed by atoms with Crippen molar-refractivity contribution < 1.29 is 44.9 Å². The van der Waals surface area contributed by atoms with E-state index in [0.29, 0.717) is 5.69 Å². The zero-order valence-corrected chi connectivity index (χ0v) is 9.47. The van der Waals surface area contributed by atoms with Gasteiger partial charge >= 0.3 is 29.6 Å². The standard InChI is InChI=1S/C7H5N3O2.Na.H2O/c8-10-9-6-3-1-5(2-4-6)7(11)12;;/h1-4H,(H,11,12);;1H2/q;+1;/p-1. The van der Waals surface area contributed by atoms with Crippen molar-refractivity contribution in [3.05, 3.63) is 40.3 Å². The number of benzene rings is 1. The van der Waals surface area contributed by atoms with Crippen LogP contribution in [0.3, 0.4) is 0 Å². The SMILES string of the molecule is O.[N-]=[N+]=Nc1ccc(C(=O)[O-])cc1.[Na+]. The fraction of sp³-hybridized carbons (Fsp3) is 0. The van der Waals surface area contributed by atoms with E-state index in [1.165, 1.54) is 24.3 Å². The van der Waals surface area contributed by atoms with E-state index in [-0.39, 0.29) is 40.6 Å². The van der Waals surface area contributed by atoms with Gasteiger partial charge in [-0.05, 0) is 11.1 Å². The molecule has 0 aliphatic heterocycles. The van der Waals surface area contributed by atoms with Gasteiger partial charge in [0.1, 0.15) is 0 Å². The minimum absolute atomic E-state index is 0. The van der Waals surface area contributed by atoms with Crippen molar-refractivity contribution in [2.45, 2.75) is 0 Å². The molecule has 0 saturated heterocycles. The van der Waals surface area contributed by atoms with Crippen molar-refractivity contribution in [1.29, 1.82) is 0 Å². The van der Waals surface area contributed by atoms with Crippen LogP contribution in [0, 0.1) is 0 Å². The third-order valence-electron chi connectivity index (χ3n) is 1.26. The second kappa shape index (κ2) is 7.37. The van der Waals surface area contributed by atoms with E-state index >= 15 is 0 Å². The van der Waals surface area contributed by atoms with Crippen molar-refractivity contribution in [2.24, 2.45) is 5.11 Å². The smallest absolute Gasteiger partial charge is 0.545 e. The zero-order valence-electron chi connectivity index (χ0n) is 7.47. The van der Waals surface area contributed by atoms with Crippen LogP contribution < -0.4 is 34.7 Å². The summed E-state index contributed by atoms with van der Waals surface area (Å²) in [6.07, 6.45) is 0. The van der Waals surface area contributed by atoms with Crippen LogP contribution in [0.4, 0.5) is 5.69 Å². The summed E-state index contributed by atoms with van der Waals surface area (Å²) in [7, 11) is 0. The van der Waals surface area contributed by atoms with E-state index in [1.807, 2.05) is 0 Å². The van der Waals surface area contributed by atoms with E-state index in [0.717, 1.165) is 0 Å². The van der Waals surface area contributed by atoms with Crippen LogP contribution in [0.5, 0.6) is 0 Å². The molecule has 0 aliphatic rings. The summed E-state index contributed by atoms with van der Waals surface area (Å²) in [6, 6.07) is 5.45. The summed E-state index contributed by atoms with van der Waals surface area (Å²) in [6.45, 7) is 0. The number of carbonyl (C=O) groups is 1. The normalized spacial score (nSPS) is 7.43. The Morgan fingerprint density at radius 2 is 1.86 bits per heavy atom. The Kier molecular flexibility index (Phi) is 8.13. The molecule has 0 spiro atoms. The maximum atomic E-state index is 10.3. The van der Waals surface area contributed by atoms with Crippen LogP contribution in [-0.4, -0.2) is 11.4 Å². The summed E-state index contributed by atoms with van der Waals surface area (Å²) in [5.41, 5.74) is 8.47. The summed E-state index contributed by atoms with van der Waals surface area (Å²) in [4.78, 5) is 12.8. The van der Waals surface area contributed by atoms with Gasteiger partial charge in [0.25, 0.3) is 0 Å². The monoisotopic (exact) mass is 203 g/mol. The number of azide groups is 1. The fourth-order valence-electron chi connectivity index (χ4n) is 0.716. The molecule has 0 unspecified atom stereocenters. The van der Waals surface area contributed by atoms with Gasteiger partial charge in [0, 0.05) is 10.6 Å². The van der Waals surface area contributed by atoms with Crippen molar-refractivity contribution >= 4 is 11.7 Å². The molecule has 7 heteroatoms. The number of aromatic carboxylic acids is 1. The Morgan fingerprint density at radius 1 is 1.36 bits per heavy atom. The first-order valence-corrected chi connectivity index (χ1v) is 3.10. The van der Waals surface area contributed by atoms with Crippen LogP contribution in [0.2, 0.25) is 0 Å². The van der Waals surface area contributed by atoms with Gasteiger partial charge in [0.05, 0.1) is 5.97 Å². The second-order valence-electron chi connectivity index (χ2n) is 2.02. The summed E-state index contributed by atoms with van der Waals surface area (Å²) >= 11 is 0. The third kappa shape index (κ3) is 4.27. The Balaban J connectivity index is 0. The summed E-state index contributed by atoms with van der Waals surface area (Å²) < 4.78 is 0. The molecular weight excluding hydrogens is 197 g/mol. The molecule has 14 heavy (non-hydrogen) atoms. The molecule has 0 fully saturated rings. The van der Waals surface area contributed by atoms with Crippen LogP contribution in [0.25, 0.3) is 10.4 Å². The third-order valence-corrected chi connectivity index (χ3v) is 1.26. The van der Waals surface area contributed by atoms with Gasteiger partial charge in [-0.2, -0.15) is 0 Å². The first-order valence-electron chi connectivity index (χ1n) is 3.10. The van der Waals surface area contributed by atoms with Crippen LogP contribution >= 0.6 is 0 Å². The number of rotatable bonds is 2. The number of hydrogen-bond acceptors (Lipinski definition) is 3. The summed E-state index contributed by atoms with van der Waals surface area (Å²) in [5.74, 6) is -1.25. The average molecular weight is 203 g/mol. The number of carbonyl (C=O) groups excluding carboxylic acids is 1. The molecule has 0 bridgehead atoms. The molecule has 0 radical (unpaired) electrons. The first kappa shape index (κ1) is 15.4. The molecule has 0 saturated carbocycles. The Hall–Kier alpha value is -1.04. The predicted octanol–water partition coefficient (Wildman–Crippen LogP) is -2.83. The van der Waals surface area contributed by atoms with Crippen LogP contribution in [0.15, 0.2) is 29.4 Å². The molecule has 0 aromatic heterocycles. The molecular formula is C7H6N3NaO3. The van der Waals surface area contributed by atoms with Gasteiger partial charge < -0.3 is 15.4 Å². The molecule has 6 nitrogen and oxygen atoms in total. The maximum Gasteiger partial charge on any atom is 1.00 e. The predicted molar refractivity (Wildman–Crippen MR) is 43.2 cm³/mol. The second-order valence-corrected chi connectivity index (χ2v) is 2.02. The molecule has 0 amide bonds. The molecule has 0 heterocycles. The Labute approximate surface area is 102 Å². The Morgan fingerprint density at radius 3 is 2.21 bits per heavy atom. The number of carboxylic acids is 1. The largest absolute Gasteiger partial charge is 1.00 e. The van der Waals surface area contributed by atoms with Crippen molar-refractivity contribution in [1.82, 2.24) is 0 Å². The average Bonchev–Trinajstić information content (AvgIpc) is 2.06. The minimum atomic E-state index is -1.25. The molecule has 68 valence electrons. The van der Waals surface area contributed by atoms with Crippen molar-refractivity contribution in [3.63, 3.8) is 0 Å². The Bertz CT molecular complexity index is 325. The summed E-state index contributed by atoms with van der Waals surface area (Å²) in [5, 5.41) is 13.5. The van der Waals surface area contributed by atoms with E-state index in [1.54, 1.807) is 0 Å². The topological polar surface area (TPSA) is 120 Å². The number of nitrogens with zero attached hydrogens (tertiary/aromatic N) is 3. The molecule has 0 atom stereocenters. The van der Waals surface area contributed by atoms with Crippen LogP contribution in [-0.2, 0) is 0 Å². The minimum Gasteiger partial charge on any atom is -0.545 e. The van der Waals surface area contributed by atoms with E-state index < -0.39 is 5.97 Å². The molecule has 2 N–H and O–H groups in total. The van der Waals surface area contributed by atoms with E-state index in [9.17, 15) is 9.90 Å². The van der Waals surface area contributed by atoms with Crippen LogP contribution in [0.1, 0.15) is 10.4 Å². The van der Waals surface area contributed by atoms with Gasteiger partial charge in [-0.1, -0.05) is 29.4 Å². The zero-order chi connectivity index (χ0) is 8.97. The molecule has 1 aromatic rings. The van der Waals surface area contributed by atoms with Gasteiger partial charge in [-0.25, -0.2) is 0 Å². The van der Waals surface area contributed by atoms with Gasteiger partial charge in [0.2, 0.25) is 0 Å². The maximum absolute atomic E-state index is 10.3. The first-order chi connectivity index (χ1) is 5.74. The van der Waals surface area contributed by atoms with Gasteiger partial charge in [-0.3, -0.25) is 0 Å². The van der Waals surface area contributed by atoms with E-state index in [2.05, 4.69) is 10.0 Å². The fourth-order valence-corrected chi connectivity index (χ4v) is 0.716. The molecule has 1 rings (SSSR count). The molecule has 0 aliphatic carbocycles. The number of carboxylic acid groups (broad SMARTS) is 1. The number of hydrogen-bond donors (Lipinski definition) is 0. The van der Waals surface area contributed by atoms with Crippen molar-refractivity contribution in [2.75, 3.05) is 0 Å².